The maximum absolute atomic E-state index is 2.43. The molecule has 0 atom stereocenters. The Bertz CT molecular complexity index is 4110. The van der Waals surface area contributed by atoms with Crippen molar-refractivity contribution in [2.75, 3.05) is 0 Å². The van der Waals surface area contributed by atoms with Gasteiger partial charge in [0.05, 0.1) is 11.0 Å². The van der Waals surface area contributed by atoms with Crippen molar-refractivity contribution >= 4 is 75.7 Å². The van der Waals surface area contributed by atoms with Crippen molar-refractivity contribution < 1.29 is 0 Å². The Morgan fingerprint density at radius 3 is 1.44 bits per heavy atom. The third-order valence-electron chi connectivity index (χ3n) is 14.9. The summed E-state index contributed by atoms with van der Waals surface area (Å²) in [5.74, 6) is 0. The molecule has 66 heavy (non-hydrogen) atoms. The Morgan fingerprint density at radius 2 is 0.773 bits per heavy atom. The summed E-state index contributed by atoms with van der Waals surface area (Å²) in [5.41, 5.74) is 16.5. The molecule has 0 N–H and O–H groups in total. The molecule has 0 radical (unpaired) electrons. The van der Waals surface area contributed by atoms with Gasteiger partial charge in [-0.1, -0.05) is 202 Å². The van der Waals surface area contributed by atoms with E-state index >= 15 is 0 Å². The average molecular weight is 838 g/mol. The molecular formula is C65H43N. The van der Waals surface area contributed by atoms with Gasteiger partial charge in [-0.2, -0.15) is 0 Å². The SMILES string of the molecule is CC1(C)c2c(ccc3cc(-c4ccc(-c5c6ccccc6c(-c6ccc7c(c6)c6ccccc6n7-c6ccccc6)c6ccccc56)cc4)ccc23)-c2c1c1ccccc1c1ccccc21. The van der Waals surface area contributed by atoms with Gasteiger partial charge in [0.2, 0.25) is 0 Å². The lowest BCUT2D eigenvalue weighted by atomic mass is 9.77. The standard InChI is InChI=1S/C65H43N/c1-65(2)63-46-35-32-42(38-43(46)33-36-56(63)62-50-21-8-6-18-47(50)48-19-7-13-26-55(48)64(62)65)40-28-30-41(31-29-40)60-51-22-9-11-24-53(51)61(54-25-12-10-23-52(54)60)44-34-37-59-57(39-44)49-20-14-15-27-58(49)66(59)45-16-4-3-5-17-45/h3-39H,1-2H3. The fourth-order valence-electron chi connectivity index (χ4n) is 12.1. The van der Waals surface area contributed by atoms with E-state index in [1.54, 1.807) is 0 Å². The molecule has 1 heterocycles. The highest BCUT2D eigenvalue weighted by molar-refractivity contribution is 6.23. The second kappa shape index (κ2) is 13.9. The van der Waals surface area contributed by atoms with Gasteiger partial charge in [-0.25, -0.2) is 0 Å². The minimum atomic E-state index is -0.159. The van der Waals surface area contributed by atoms with Crippen molar-refractivity contribution in [1.82, 2.24) is 4.57 Å². The molecule has 0 saturated carbocycles. The van der Waals surface area contributed by atoms with Crippen molar-refractivity contribution in [2.24, 2.45) is 0 Å². The molecule has 0 saturated heterocycles. The number of hydrogen-bond donors (Lipinski definition) is 0. The van der Waals surface area contributed by atoms with Crippen LogP contribution >= 0.6 is 0 Å². The van der Waals surface area contributed by atoms with E-state index in [2.05, 4.69) is 243 Å². The molecule has 1 aliphatic rings. The highest BCUT2D eigenvalue weighted by Gasteiger charge is 2.39. The number of para-hydroxylation sites is 2. The summed E-state index contributed by atoms with van der Waals surface area (Å²) in [6, 6.07) is 83.6. The highest BCUT2D eigenvalue weighted by Crippen LogP contribution is 2.56. The Hall–Kier alpha value is -8.26. The monoisotopic (exact) mass is 837 g/mol. The molecule has 1 aliphatic carbocycles. The molecule has 0 fully saturated rings. The maximum atomic E-state index is 2.43. The van der Waals surface area contributed by atoms with Crippen LogP contribution in [0.25, 0.3) is 126 Å². The quantitative estimate of drug-likeness (QED) is 0.123. The molecule has 14 rings (SSSR count). The molecule has 12 aromatic carbocycles. The van der Waals surface area contributed by atoms with Crippen LogP contribution in [0.5, 0.6) is 0 Å². The minimum absolute atomic E-state index is 0.159. The first-order chi connectivity index (χ1) is 32.5. The molecule has 0 unspecified atom stereocenters. The lowest BCUT2D eigenvalue weighted by Gasteiger charge is -2.25. The molecule has 1 heteroatoms. The predicted octanol–water partition coefficient (Wildman–Crippen LogP) is 17.9. The first-order valence-electron chi connectivity index (χ1n) is 23.2. The highest BCUT2D eigenvalue weighted by atomic mass is 15.0. The molecule has 13 aromatic rings. The molecular weight excluding hydrogens is 795 g/mol. The minimum Gasteiger partial charge on any atom is -0.309 e. The summed E-state index contributed by atoms with van der Waals surface area (Å²) in [4.78, 5) is 0. The molecule has 0 spiro atoms. The summed E-state index contributed by atoms with van der Waals surface area (Å²) in [7, 11) is 0. The van der Waals surface area contributed by atoms with E-state index < -0.39 is 0 Å². The van der Waals surface area contributed by atoms with E-state index in [1.165, 1.54) is 137 Å². The summed E-state index contributed by atoms with van der Waals surface area (Å²) >= 11 is 0. The number of fused-ring (bicyclic) bond motifs is 15. The molecule has 0 bridgehead atoms. The van der Waals surface area contributed by atoms with Gasteiger partial charge < -0.3 is 4.57 Å². The van der Waals surface area contributed by atoms with Crippen LogP contribution in [-0.4, -0.2) is 4.57 Å². The summed E-state index contributed by atoms with van der Waals surface area (Å²) in [6.07, 6.45) is 0. The largest absolute Gasteiger partial charge is 0.309 e. The van der Waals surface area contributed by atoms with E-state index in [0.29, 0.717) is 0 Å². The van der Waals surface area contributed by atoms with E-state index in [4.69, 9.17) is 0 Å². The fraction of sp³-hybridized carbons (Fsp3) is 0.0462. The fourth-order valence-corrected chi connectivity index (χ4v) is 12.1. The third-order valence-corrected chi connectivity index (χ3v) is 14.9. The van der Waals surface area contributed by atoms with Crippen LogP contribution in [0.2, 0.25) is 0 Å². The lowest BCUT2D eigenvalue weighted by Crippen LogP contribution is -2.16. The van der Waals surface area contributed by atoms with Crippen LogP contribution in [0.1, 0.15) is 25.0 Å². The van der Waals surface area contributed by atoms with Gasteiger partial charge in [0.25, 0.3) is 0 Å². The first-order valence-corrected chi connectivity index (χ1v) is 23.2. The second-order valence-electron chi connectivity index (χ2n) is 18.7. The van der Waals surface area contributed by atoms with Gasteiger partial charge in [-0.15, -0.1) is 0 Å². The van der Waals surface area contributed by atoms with Gasteiger partial charge in [0.15, 0.2) is 0 Å². The van der Waals surface area contributed by atoms with Crippen LogP contribution in [-0.2, 0) is 5.41 Å². The van der Waals surface area contributed by atoms with Gasteiger partial charge in [0, 0.05) is 21.9 Å². The molecule has 1 nitrogen and oxygen atoms in total. The summed E-state index contributed by atoms with van der Waals surface area (Å²) in [5, 5.41) is 15.5. The van der Waals surface area contributed by atoms with Gasteiger partial charge in [0.1, 0.15) is 0 Å². The van der Waals surface area contributed by atoms with Gasteiger partial charge in [-0.05, 0) is 146 Å². The number of aromatic nitrogens is 1. The number of benzene rings is 12. The van der Waals surface area contributed by atoms with E-state index in [1.807, 2.05) is 0 Å². The third kappa shape index (κ3) is 5.17. The van der Waals surface area contributed by atoms with E-state index in [-0.39, 0.29) is 5.41 Å². The van der Waals surface area contributed by atoms with E-state index in [0.717, 1.165) is 0 Å². The Labute approximate surface area is 383 Å². The van der Waals surface area contributed by atoms with Crippen molar-refractivity contribution in [3.63, 3.8) is 0 Å². The van der Waals surface area contributed by atoms with Gasteiger partial charge >= 0.3 is 0 Å². The summed E-state index contributed by atoms with van der Waals surface area (Å²) in [6.45, 7) is 4.85. The van der Waals surface area contributed by atoms with Crippen LogP contribution in [0, 0.1) is 0 Å². The van der Waals surface area contributed by atoms with Gasteiger partial charge in [-0.3, -0.25) is 0 Å². The van der Waals surface area contributed by atoms with Crippen molar-refractivity contribution in [2.45, 2.75) is 19.3 Å². The predicted molar refractivity (Wildman–Crippen MR) is 282 cm³/mol. The zero-order valence-electron chi connectivity index (χ0n) is 36.8. The zero-order chi connectivity index (χ0) is 43.7. The second-order valence-corrected chi connectivity index (χ2v) is 18.7. The first kappa shape index (κ1) is 37.1. The maximum Gasteiger partial charge on any atom is 0.0541 e. The Morgan fingerprint density at radius 1 is 0.288 bits per heavy atom. The average Bonchev–Trinajstić information content (AvgIpc) is 3.84. The normalized spacial score (nSPS) is 13.1. The Balaban J connectivity index is 0.883. The molecule has 0 aliphatic heterocycles. The van der Waals surface area contributed by atoms with Crippen molar-refractivity contribution in [3.8, 4) is 50.2 Å². The molecule has 0 amide bonds. The lowest BCUT2D eigenvalue weighted by molar-refractivity contribution is 0.672. The van der Waals surface area contributed by atoms with Crippen LogP contribution < -0.4 is 0 Å². The number of hydrogen-bond acceptors (Lipinski definition) is 0. The number of nitrogens with zero attached hydrogens (tertiary/aromatic N) is 1. The molecule has 308 valence electrons. The zero-order valence-corrected chi connectivity index (χ0v) is 36.8. The number of rotatable bonds is 4. The van der Waals surface area contributed by atoms with Crippen LogP contribution in [0.15, 0.2) is 224 Å². The molecule has 1 aromatic heterocycles. The topological polar surface area (TPSA) is 4.93 Å². The van der Waals surface area contributed by atoms with Crippen molar-refractivity contribution in [3.05, 3.63) is 236 Å². The van der Waals surface area contributed by atoms with E-state index in [9.17, 15) is 0 Å². The van der Waals surface area contributed by atoms with Crippen LogP contribution in [0.4, 0.5) is 0 Å². The smallest absolute Gasteiger partial charge is 0.0541 e. The summed E-state index contributed by atoms with van der Waals surface area (Å²) < 4.78 is 2.39. The van der Waals surface area contributed by atoms with Crippen molar-refractivity contribution in [1.29, 1.82) is 0 Å². The Kier molecular flexibility index (Phi) is 7.81. The van der Waals surface area contributed by atoms with Crippen LogP contribution in [0.3, 0.4) is 0 Å².